The number of nitrogens with two attached hydrogens (primary N) is 1. The van der Waals surface area contributed by atoms with Crippen LogP contribution in [0.4, 0.5) is 0 Å². The summed E-state index contributed by atoms with van der Waals surface area (Å²) in [4.78, 5) is 0.377. The van der Waals surface area contributed by atoms with Crippen LogP contribution in [0.25, 0.3) is 0 Å². The Hall–Kier alpha value is -0.180. The normalized spacial score (nSPS) is 23.4. The van der Waals surface area contributed by atoms with Gasteiger partial charge in [0.2, 0.25) is 10.0 Å². The molecule has 2 rings (SSSR count). The van der Waals surface area contributed by atoms with Gasteiger partial charge in [0, 0.05) is 16.2 Å². The molecule has 4 nitrogen and oxygen atoms in total. The summed E-state index contributed by atoms with van der Waals surface area (Å²) in [5.41, 5.74) is 5.80. The van der Waals surface area contributed by atoms with Gasteiger partial charge in [-0.3, -0.25) is 0 Å². The van der Waals surface area contributed by atoms with Crippen LogP contribution in [-0.4, -0.2) is 31.9 Å². The molecular formula is C14H21IN2O2S. The number of nitrogens with zero attached hydrogens (tertiary/aromatic N) is 1. The maximum atomic E-state index is 12.8. The molecule has 1 fully saturated rings. The molecule has 1 aliphatic rings. The third-order valence-corrected chi connectivity index (χ3v) is 6.76. The third-order valence-electron chi connectivity index (χ3n) is 4.02. The van der Waals surface area contributed by atoms with Crippen LogP contribution in [0.5, 0.6) is 0 Å². The van der Waals surface area contributed by atoms with Crippen LogP contribution in [0.1, 0.15) is 26.2 Å². The zero-order valence-corrected chi connectivity index (χ0v) is 14.6. The highest BCUT2D eigenvalue weighted by Gasteiger charge is 2.37. The SMILES string of the molecule is CCN(C1CCCC1CN)S(=O)(=O)c1ccc(I)cc1. The Balaban J connectivity index is 2.32. The molecule has 0 saturated heterocycles. The summed E-state index contributed by atoms with van der Waals surface area (Å²) < 4.78 is 28.3. The first-order chi connectivity index (χ1) is 9.50. The van der Waals surface area contributed by atoms with Crippen LogP contribution in [0.2, 0.25) is 0 Å². The van der Waals surface area contributed by atoms with Crippen molar-refractivity contribution >= 4 is 32.6 Å². The van der Waals surface area contributed by atoms with E-state index in [1.54, 1.807) is 16.4 Å². The summed E-state index contributed by atoms with van der Waals surface area (Å²) in [6.07, 6.45) is 3.00. The first kappa shape index (κ1) is 16.2. The molecule has 0 bridgehead atoms. The molecule has 0 amide bonds. The Morgan fingerprint density at radius 2 is 1.95 bits per heavy atom. The molecule has 2 N–H and O–H groups in total. The zero-order chi connectivity index (χ0) is 14.8. The lowest BCUT2D eigenvalue weighted by Crippen LogP contribution is -2.43. The Kier molecular flexibility index (Phi) is 5.44. The Bertz CT molecular complexity index is 545. The van der Waals surface area contributed by atoms with Crippen molar-refractivity contribution in [2.45, 2.75) is 37.1 Å². The molecule has 1 aromatic carbocycles. The molecule has 0 radical (unpaired) electrons. The van der Waals surface area contributed by atoms with Gasteiger partial charge in [-0.15, -0.1) is 0 Å². The lowest BCUT2D eigenvalue weighted by Gasteiger charge is -2.30. The molecule has 0 aromatic heterocycles. The minimum atomic E-state index is -3.42. The molecule has 2 unspecified atom stereocenters. The van der Waals surface area contributed by atoms with Crippen molar-refractivity contribution in [2.24, 2.45) is 11.7 Å². The Labute approximate surface area is 134 Å². The molecular weight excluding hydrogens is 387 g/mol. The topological polar surface area (TPSA) is 63.4 Å². The van der Waals surface area contributed by atoms with Crippen LogP contribution in [0, 0.1) is 9.49 Å². The monoisotopic (exact) mass is 408 g/mol. The van der Waals surface area contributed by atoms with Crippen molar-refractivity contribution in [3.63, 3.8) is 0 Å². The maximum absolute atomic E-state index is 12.8. The Morgan fingerprint density at radius 1 is 1.30 bits per heavy atom. The van der Waals surface area contributed by atoms with Crippen LogP contribution >= 0.6 is 22.6 Å². The highest BCUT2D eigenvalue weighted by Crippen LogP contribution is 2.32. The predicted molar refractivity (Wildman–Crippen MR) is 88.9 cm³/mol. The second kappa shape index (κ2) is 6.72. The summed E-state index contributed by atoms with van der Waals surface area (Å²) in [5, 5.41) is 0. The second-order valence-corrected chi connectivity index (χ2v) is 8.29. The molecule has 2 atom stereocenters. The largest absolute Gasteiger partial charge is 0.330 e. The van der Waals surface area contributed by atoms with Crippen molar-refractivity contribution in [3.8, 4) is 0 Å². The van der Waals surface area contributed by atoms with Crippen LogP contribution in [0.3, 0.4) is 0 Å². The van der Waals surface area contributed by atoms with E-state index in [1.165, 1.54) is 0 Å². The first-order valence-electron chi connectivity index (χ1n) is 6.98. The molecule has 112 valence electrons. The maximum Gasteiger partial charge on any atom is 0.243 e. The number of hydrogen-bond acceptors (Lipinski definition) is 3. The van der Waals surface area contributed by atoms with E-state index in [-0.39, 0.29) is 12.0 Å². The Morgan fingerprint density at radius 3 is 2.50 bits per heavy atom. The number of sulfonamides is 1. The molecule has 0 aliphatic heterocycles. The lowest BCUT2D eigenvalue weighted by molar-refractivity contribution is 0.276. The van der Waals surface area contributed by atoms with Crippen molar-refractivity contribution in [1.29, 1.82) is 0 Å². The molecule has 6 heteroatoms. The average molecular weight is 408 g/mol. The van der Waals surface area contributed by atoms with Gasteiger partial charge >= 0.3 is 0 Å². The molecule has 1 saturated carbocycles. The van der Waals surface area contributed by atoms with Crippen LogP contribution in [0.15, 0.2) is 29.2 Å². The summed E-state index contributed by atoms with van der Waals surface area (Å²) in [6, 6.07) is 7.08. The number of hydrogen-bond donors (Lipinski definition) is 1. The van der Waals surface area contributed by atoms with Gasteiger partial charge in [-0.25, -0.2) is 8.42 Å². The van der Waals surface area contributed by atoms with E-state index in [0.717, 1.165) is 22.8 Å². The van der Waals surface area contributed by atoms with Gasteiger partial charge in [0.1, 0.15) is 0 Å². The van der Waals surface area contributed by atoms with Gasteiger partial charge in [-0.1, -0.05) is 13.3 Å². The number of halogens is 1. The van der Waals surface area contributed by atoms with Crippen molar-refractivity contribution in [3.05, 3.63) is 27.8 Å². The molecule has 1 aliphatic carbocycles. The highest BCUT2D eigenvalue weighted by atomic mass is 127. The van der Waals surface area contributed by atoms with Gasteiger partial charge in [0.15, 0.2) is 0 Å². The molecule has 1 aromatic rings. The van der Waals surface area contributed by atoms with E-state index in [0.29, 0.717) is 18.0 Å². The van der Waals surface area contributed by atoms with E-state index in [4.69, 9.17) is 5.73 Å². The third kappa shape index (κ3) is 3.18. The average Bonchev–Trinajstić information content (AvgIpc) is 2.88. The number of benzene rings is 1. The van der Waals surface area contributed by atoms with Crippen molar-refractivity contribution in [1.82, 2.24) is 4.31 Å². The fourth-order valence-electron chi connectivity index (χ4n) is 3.00. The van der Waals surface area contributed by atoms with Crippen molar-refractivity contribution in [2.75, 3.05) is 13.1 Å². The number of rotatable bonds is 5. The van der Waals surface area contributed by atoms with Gasteiger partial charge in [0.05, 0.1) is 4.90 Å². The molecule has 20 heavy (non-hydrogen) atoms. The zero-order valence-electron chi connectivity index (χ0n) is 11.6. The summed E-state index contributed by atoms with van der Waals surface area (Å²) >= 11 is 2.17. The van der Waals surface area contributed by atoms with E-state index >= 15 is 0 Å². The van der Waals surface area contributed by atoms with E-state index < -0.39 is 10.0 Å². The smallest absolute Gasteiger partial charge is 0.243 e. The molecule has 0 heterocycles. The summed E-state index contributed by atoms with van der Waals surface area (Å²) in [7, 11) is -3.42. The molecule has 0 spiro atoms. The standard InChI is InChI=1S/C14H21IN2O2S/c1-2-17(14-5-3-4-11(14)10-16)20(18,19)13-8-6-12(15)7-9-13/h6-9,11,14H,2-5,10,16H2,1H3. The van der Waals surface area contributed by atoms with Crippen LogP contribution < -0.4 is 5.73 Å². The van der Waals surface area contributed by atoms with Gasteiger partial charge in [-0.2, -0.15) is 4.31 Å². The minimum Gasteiger partial charge on any atom is -0.330 e. The van der Waals surface area contributed by atoms with E-state index in [9.17, 15) is 8.42 Å². The highest BCUT2D eigenvalue weighted by molar-refractivity contribution is 14.1. The summed E-state index contributed by atoms with van der Waals surface area (Å²) in [6.45, 7) is 2.95. The second-order valence-electron chi connectivity index (χ2n) is 5.16. The van der Waals surface area contributed by atoms with Crippen molar-refractivity contribution < 1.29 is 8.42 Å². The first-order valence-corrected chi connectivity index (χ1v) is 9.50. The van der Waals surface area contributed by atoms with E-state index in [1.807, 2.05) is 19.1 Å². The van der Waals surface area contributed by atoms with Gasteiger partial charge in [0.25, 0.3) is 0 Å². The fourth-order valence-corrected chi connectivity index (χ4v) is 5.08. The van der Waals surface area contributed by atoms with Gasteiger partial charge in [-0.05, 0) is 72.2 Å². The van der Waals surface area contributed by atoms with Crippen LogP contribution in [-0.2, 0) is 10.0 Å². The lowest BCUT2D eigenvalue weighted by atomic mass is 10.0. The fraction of sp³-hybridized carbons (Fsp3) is 0.571. The van der Waals surface area contributed by atoms with Gasteiger partial charge < -0.3 is 5.73 Å². The summed E-state index contributed by atoms with van der Waals surface area (Å²) in [5.74, 6) is 0.286. The minimum absolute atomic E-state index is 0.0503. The quantitative estimate of drug-likeness (QED) is 0.762. The van der Waals surface area contributed by atoms with E-state index in [2.05, 4.69) is 22.6 Å². The predicted octanol–water partition coefficient (Wildman–Crippen LogP) is 2.43.